The van der Waals surface area contributed by atoms with Crippen molar-refractivity contribution in [2.75, 3.05) is 19.7 Å². The maximum atomic E-state index is 12.4. The molecule has 1 atom stereocenters. The van der Waals surface area contributed by atoms with Crippen molar-refractivity contribution >= 4 is 17.6 Å². The van der Waals surface area contributed by atoms with Gasteiger partial charge in [-0.15, -0.1) is 0 Å². The minimum Gasteiger partial charge on any atom is -0.481 e. The van der Waals surface area contributed by atoms with Crippen LogP contribution in [0, 0.1) is 0 Å². The molecule has 140 valence electrons. The van der Waals surface area contributed by atoms with Gasteiger partial charge in [-0.05, 0) is 43.9 Å². The molecule has 0 saturated heterocycles. The summed E-state index contributed by atoms with van der Waals surface area (Å²) < 4.78 is 5.57. The van der Waals surface area contributed by atoms with Crippen LogP contribution in [0.4, 0.5) is 4.79 Å². The third-order valence-electron chi connectivity index (χ3n) is 4.74. The second-order valence-electron chi connectivity index (χ2n) is 6.39. The second kappa shape index (κ2) is 9.22. The van der Waals surface area contributed by atoms with Crippen LogP contribution in [-0.4, -0.2) is 41.8 Å². The predicted molar refractivity (Wildman–Crippen MR) is 102 cm³/mol. The SMILES string of the molecule is C/C=C\C1=C(C)C(COC(=O)N(CC)CCCC(=O)O)c2ccccc21. The molecule has 1 aromatic rings. The summed E-state index contributed by atoms with van der Waals surface area (Å²) in [5.41, 5.74) is 4.77. The Balaban J connectivity index is 2.03. The predicted octanol–water partition coefficient (Wildman–Crippen LogP) is 4.46. The summed E-state index contributed by atoms with van der Waals surface area (Å²) in [6.45, 7) is 7.12. The zero-order valence-electron chi connectivity index (χ0n) is 15.7. The second-order valence-corrected chi connectivity index (χ2v) is 6.39. The Bertz CT molecular complexity index is 720. The molecular formula is C21H27NO4. The van der Waals surface area contributed by atoms with E-state index in [2.05, 4.69) is 25.1 Å². The third-order valence-corrected chi connectivity index (χ3v) is 4.74. The van der Waals surface area contributed by atoms with E-state index in [1.54, 1.807) is 4.90 Å². The molecule has 26 heavy (non-hydrogen) atoms. The fourth-order valence-corrected chi connectivity index (χ4v) is 3.33. The Morgan fingerprint density at radius 1 is 1.31 bits per heavy atom. The van der Waals surface area contributed by atoms with Gasteiger partial charge in [0, 0.05) is 25.4 Å². The molecule has 0 heterocycles. The molecular weight excluding hydrogens is 330 g/mol. The van der Waals surface area contributed by atoms with Gasteiger partial charge in [0.15, 0.2) is 0 Å². The van der Waals surface area contributed by atoms with Crippen molar-refractivity contribution in [1.29, 1.82) is 0 Å². The lowest BCUT2D eigenvalue weighted by Gasteiger charge is -2.22. The lowest BCUT2D eigenvalue weighted by molar-refractivity contribution is -0.137. The first-order chi connectivity index (χ1) is 12.5. The van der Waals surface area contributed by atoms with Crippen LogP contribution in [0.1, 0.15) is 50.7 Å². The minimum atomic E-state index is -0.853. The molecule has 1 aromatic carbocycles. The van der Waals surface area contributed by atoms with E-state index >= 15 is 0 Å². The van der Waals surface area contributed by atoms with E-state index in [0.717, 1.165) is 0 Å². The Morgan fingerprint density at radius 2 is 2.04 bits per heavy atom. The monoisotopic (exact) mass is 357 g/mol. The van der Waals surface area contributed by atoms with Crippen molar-refractivity contribution < 1.29 is 19.4 Å². The fourth-order valence-electron chi connectivity index (χ4n) is 3.33. The molecule has 1 aliphatic carbocycles. The number of carboxylic acid groups (broad SMARTS) is 1. The molecule has 5 nitrogen and oxygen atoms in total. The topological polar surface area (TPSA) is 66.8 Å². The molecule has 1 unspecified atom stereocenters. The molecule has 1 aliphatic rings. The van der Waals surface area contributed by atoms with Crippen molar-refractivity contribution in [3.63, 3.8) is 0 Å². The van der Waals surface area contributed by atoms with Crippen LogP contribution in [0.3, 0.4) is 0 Å². The van der Waals surface area contributed by atoms with Crippen molar-refractivity contribution in [3.8, 4) is 0 Å². The van der Waals surface area contributed by atoms with E-state index in [-0.39, 0.29) is 25.0 Å². The summed E-state index contributed by atoms with van der Waals surface area (Å²) in [6, 6.07) is 8.20. The van der Waals surface area contributed by atoms with Crippen LogP contribution in [0.5, 0.6) is 0 Å². The smallest absolute Gasteiger partial charge is 0.409 e. The number of amides is 1. The number of carbonyl (C=O) groups is 2. The molecule has 0 saturated carbocycles. The zero-order valence-corrected chi connectivity index (χ0v) is 15.7. The van der Waals surface area contributed by atoms with Crippen LogP contribution in [0.25, 0.3) is 5.57 Å². The van der Waals surface area contributed by atoms with E-state index in [9.17, 15) is 9.59 Å². The van der Waals surface area contributed by atoms with Crippen LogP contribution in [0.2, 0.25) is 0 Å². The Labute approximate surface area is 155 Å². The van der Waals surface area contributed by atoms with Gasteiger partial charge in [-0.1, -0.05) is 42.0 Å². The van der Waals surface area contributed by atoms with Crippen LogP contribution >= 0.6 is 0 Å². The maximum absolute atomic E-state index is 12.4. The van der Waals surface area contributed by atoms with Gasteiger partial charge < -0.3 is 14.7 Å². The number of hydrogen-bond donors (Lipinski definition) is 1. The average Bonchev–Trinajstić information content (AvgIpc) is 2.89. The van der Waals surface area contributed by atoms with E-state index in [1.807, 2.05) is 32.1 Å². The fraction of sp³-hybridized carbons (Fsp3) is 0.429. The summed E-state index contributed by atoms with van der Waals surface area (Å²) in [7, 11) is 0. The highest BCUT2D eigenvalue weighted by Gasteiger charge is 2.28. The van der Waals surface area contributed by atoms with Gasteiger partial charge in [0.1, 0.15) is 6.61 Å². The molecule has 1 amide bonds. The Kier molecular flexibility index (Phi) is 7.01. The number of nitrogens with zero attached hydrogens (tertiary/aromatic N) is 1. The lowest BCUT2D eigenvalue weighted by atomic mass is 9.98. The van der Waals surface area contributed by atoms with Crippen LogP contribution < -0.4 is 0 Å². The van der Waals surface area contributed by atoms with E-state index < -0.39 is 5.97 Å². The summed E-state index contributed by atoms with van der Waals surface area (Å²) in [5.74, 6) is -0.798. The van der Waals surface area contributed by atoms with Crippen molar-refractivity contribution in [2.45, 2.75) is 39.5 Å². The van der Waals surface area contributed by atoms with Crippen LogP contribution in [-0.2, 0) is 9.53 Å². The summed E-state index contributed by atoms with van der Waals surface area (Å²) in [6.07, 6.45) is 4.21. The molecule has 2 rings (SSSR count). The molecule has 5 heteroatoms. The Hall–Kier alpha value is -2.56. The van der Waals surface area contributed by atoms with Gasteiger partial charge in [-0.3, -0.25) is 4.79 Å². The Morgan fingerprint density at radius 3 is 2.69 bits per heavy atom. The molecule has 1 N–H and O–H groups in total. The van der Waals surface area contributed by atoms with E-state index in [4.69, 9.17) is 9.84 Å². The standard InChI is InChI=1S/C21H27NO4/c1-4-9-16-15(3)19(18-11-7-6-10-17(16)18)14-26-21(25)22(5-2)13-8-12-20(23)24/h4,6-7,9-11,19H,5,8,12-14H2,1-3H3,(H,23,24)/b9-4-. The largest absolute Gasteiger partial charge is 0.481 e. The number of benzene rings is 1. The molecule has 0 aliphatic heterocycles. The van der Waals surface area contributed by atoms with Gasteiger partial charge in [0.25, 0.3) is 0 Å². The highest BCUT2D eigenvalue weighted by molar-refractivity contribution is 5.84. The molecule has 0 bridgehead atoms. The number of carboxylic acids is 1. The van der Waals surface area contributed by atoms with E-state index in [0.29, 0.717) is 19.5 Å². The highest BCUT2D eigenvalue weighted by Crippen LogP contribution is 2.42. The lowest BCUT2D eigenvalue weighted by Crippen LogP contribution is -2.33. The summed E-state index contributed by atoms with van der Waals surface area (Å²) >= 11 is 0. The zero-order chi connectivity index (χ0) is 19.1. The highest BCUT2D eigenvalue weighted by atomic mass is 16.6. The van der Waals surface area contributed by atoms with Gasteiger partial charge in [0.2, 0.25) is 0 Å². The number of hydrogen-bond acceptors (Lipinski definition) is 3. The van der Waals surface area contributed by atoms with Gasteiger partial charge >= 0.3 is 12.1 Å². The number of allylic oxidation sites excluding steroid dienone is 3. The molecule has 0 spiro atoms. The van der Waals surface area contributed by atoms with Gasteiger partial charge in [-0.25, -0.2) is 4.79 Å². The maximum Gasteiger partial charge on any atom is 0.409 e. The van der Waals surface area contributed by atoms with E-state index in [1.165, 1.54) is 22.3 Å². The quantitative estimate of drug-likeness (QED) is 0.746. The first-order valence-corrected chi connectivity index (χ1v) is 9.05. The summed E-state index contributed by atoms with van der Waals surface area (Å²) in [5, 5.41) is 8.73. The number of ether oxygens (including phenoxy) is 1. The van der Waals surface area contributed by atoms with Crippen molar-refractivity contribution in [2.24, 2.45) is 0 Å². The number of aliphatic carboxylic acids is 1. The first kappa shape index (κ1) is 19.8. The number of fused-ring (bicyclic) bond motifs is 1. The van der Waals surface area contributed by atoms with Crippen LogP contribution in [0.15, 0.2) is 42.0 Å². The van der Waals surface area contributed by atoms with Crippen molar-refractivity contribution in [1.82, 2.24) is 4.90 Å². The number of carbonyl (C=O) groups excluding carboxylic acids is 1. The average molecular weight is 357 g/mol. The number of rotatable bonds is 8. The summed E-state index contributed by atoms with van der Waals surface area (Å²) in [4.78, 5) is 24.5. The molecule has 0 radical (unpaired) electrons. The minimum absolute atomic E-state index is 0.0499. The third kappa shape index (κ3) is 4.54. The molecule has 0 fully saturated rings. The van der Waals surface area contributed by atoms with Crippen molar-refractivity contribution in [3.05, 3.63) is 53.1 Å². The van der Waals surface area contributed by atoms with Gasteiger partial charge in [-0.2, -0.15) is 0 Å². The first-order valence-electron chi connectivity index (χ1n) is 9.05. The molecule has 0 aromatic heterocycles. The normalized spacial score (nSPS) is 16.0. The van der Waals surface area contributed by atoms with Gasteiger partial charge in [0.05, 0.1) is 0 Å².